The lowest BCUT2D eigenvalue weighted by Gasteiger charge is -2.12. The standard InChI is InChI=1S/C12H19N3O4S/c1-3-5-6-7-19-11(17)8(4-2)20-10-9(16)13-12(18)15-14-10/h8H,3-7H2,1-2H3,(H2,13,15,16,18). The van der Waals surface area contributed by atoms with Gasteiger partial charge in [0.25, 0.3) is 5.56 Å². The quantitative estimate of drug-likeness (QED) is 0.422. The molecule has 1 unspecified atom stereocenters. The number of rotatable bonds is 8. The summed E-state index contributed by atoms with van der Waals surface area (Å²) in [7, 11) is 0. The van der Waals surface area contributed by atoms with Gasteiger partial charge in [0.15, 0.2) is 5.03 Å². The first-order chi connectivity index (χ1) is 9.58. The van der Waals surface area contributed by atoms with Crippen molar-refractivity contribution in [2.24, 2.45) is 0 Å². The number of nitrogens with one attached hydrogen (secondary N) is 2. The Kier molecular flexibility index (Phi) is 7.06. The van der Waals surface area contributed by atoms with Gasteiger partial charge in [0.05, 0.1) is 6.61 Å². The van der Waals surface area contributed by atoms with Crippen molar-refractivity contribution in [3.63, 3.8) is 0 Å². The number of carbonyl (C=O) groups excluding carboxylic acids is 1. The minimum absolute atomic E-state index is 0.0574. The smallest absolute Gasteiger partial charge is 0.342 e. The molecule has 0 amide bonds. The second kappa shape index (κ2) is 8.57. The summed E-state index contributed by atoms with van der Waals surface area (Å²) < 4.78 is 5.16. The van der Waals surface area contributed by atoms with Crippen molar-refractivity contribution in [1.29, 1.82) is 0 Å². The number of thioether (sulfide) groups is 1. The first-order valence-corrected chi connectivity index (χ1v) is 7.48. The Morgan fingerprint density at radius 1 is 1.35 bits per heavy atom. The number of ether oxygens (including phenoxy) is 1. The van der Waals surface area contributed by atoms with Crippen LogP contribution in [0.3, 0.4) is 0 Å². The SMILES string of the molecule is CCCCCOC(=O)C(CC)Sc1n[nH]c(=O)[nH]c1=O. The van der Waals surface area contributed by atoms with Crippen LogP contribution < -0.4 is 11.2 Å². The average molecular weight is 301 g/mol. The third-order valence-corrected chi connectivity index (χ3v) is 3.87. The Labute approximate surface area is 120 Å². The van der Waals surface area contributed by atoms with E-state index in [0.29, 0.717) is 13.0 Å². The van der Waals surface area contributed by atoms with Gasteiger partial charge in [-0.3, -0.25) is 14.6 Å². The molecule has 20 heavy (non-hydrogen) atoms. The van der Waals surface area contributed by atoms with Crippen LogP contribution >= 0.6 is 11.8 Å². The summed E-state index contributed by atoms with van der Waals surface area (Å²) in [6.07, 6.45) is 3.41. The summed E-state index contributed by atoms with van der Waals surface area (Å²) in [6.45, 7) is 4.28. The zero-order valence-electron chi connectivity index (χ0n) is 11.6. The van der Waals surface area contributed by atoms with E-state index in [4.69, 9.17) is 4.74 Å². The summed E-state index contributed by atoms with van der Waals surface area (Å²) in [5.74, 6) is -0.360. The first kappa shape index (κ1) is 16.5. The van der Waals surface area contributed by atoms with E-state index in [1.807, 2.05) is 6.92 Å². The number of esters is 1. The number of nitrogens with zero attached hydrogens (tertiary/aromatic N) is 1. The molecule has 1 heterocycles. The number of unbranched alkanes of at least 4 members (excludes halogenated alkanes) is 2. The zero-order chi connectivity index (χ0) is 15.0. The minimum Gasteiger partial charge on any atom is -0.465 e. The van der Waals surface area contributed by atoms with Crippen LogP contribution in [-0.4, -0.2) is 33.0 Å². The third-order valence-electron chi connectivity index (χ3n) is 2.56. The summed E-state index contributed by atoms with van der Waals surface area (Å²) in [5.41, 5.74) is -1.27. The molecule has 0 aliphatic carbocycles. The van der Waals surface area contributed by atoms with Gasteiger partial charge in [-0.1, -0.05) is 38.5 Å². The van der Waals surface area contributed by atoms with E-state index in [-0.39, 0.29) is 11.0 Å². The first-order valence-electron chi connectivity index (χ1n) is 6.60. The maximum Gasteiger partial charge on any atom is 0.342 e. The van der Waals surface area contributed by atoms with Gasteiger partial charge in [-0.15, -0.1) is 0 Å². The number of hydrogen-bond donors (Lipinski definition) is 2. The van der Waals surface area contributed by atoms with Crippen molar-refractivity contribution in [2.45, 2.75) is 49.8 Å². The molecular formula is C12H19N3O4S. The predicted octanol–water partition coefficient (Wildman–Crippen LogP) is 1.06. The topological polar surface area (TPSA) is 105 Å². The van der Waals surface area contributed by atoms with Crippen LogP contribution in [0, 0.1) is 0 Å². The lowest BCUT2D eigenvalue weighted by atomic mass is 10.3. The molecule has 0 aromatic carbocycles. The van der Waals surface area contributed by atoms with Crippen molar-refractivity contribution in [2.75, 3.05) is 6.61 Å². The molecule has 7 nitrogen and oxygen atoms in total. The number of aromatic nitrogens is 3. The van der Waals surface area contributed by atoms with Gasteiger partial charge in [-0.25, -0.2) is 9.89 Å². The normalized spacial score (nSPS) is 12.1. The summed E-state index contributed by atoms with van der Waals surface area (Å²) in [5, 5.41) is 5.32. The van der Waals surface area contributed by atoms with E-state index in [1.54, 1.807) is 0 Å². The van der Waals surface area contributed by atoms with Crippen molar-refractivity contribution in [3.05, 3.63) is 20.8 Å². The maximum atomic E-state index is 11.9. The van der Waals surface area contributed by atoms with Crippen LogP contribution in [0.1, 0.15) is 39.5 Å². The van der Waals surface area contributed by atoms with E-state index in [1.165, 1.54) is 0 Å². The molecule has 112 valence electrons. The molecule has 0 aliphatic heterocycles. The summed E-state index contributed by atoms with van der Waals surface area (Å²) in [6, 6.07) is 0. The number of aromatic amines is 2. The van der Waals surface area contributed by atoms with Crippen LogP contribution in [0.4, 0.5) is 0 Å². The van der Waals surface area contributed by atoms with E-state index < -0.39 is 16.5 Å². The fourth-order valence-electron chi connectivity index (χ4n) is 1.47. The predicted molar refractivity (Wildman–Crippen MR) is 75.9 cm³/mol. The van der Waals surface area contributed by atoms with E-state index >= 15 is 0 Å². The van der Waals surface area contributed by atoms with Gasteiger partial charge < -0.3 is 4.74 Å². The molecule has 1 atom stereocenters. The molecule has 8 heteroatoms. The Hall–Kier alpha value is -1.57. The van der Waals surface area contributed by atoms with Gasteiger partial charge in [0.2, 0.25) is 0 Å². The van der Waals surface area contributed by atoms with E-state index in [2.05, 4.69) is 22.1 Å². The van der Waals surface area contributed by atoms with E-state index in [0.717, 1.165) is 31.0 Å². The van der Waals surface area contributed by atoms with Crippen LogP contribution in [0.25, 0.3) is 0 Å². The molecule has 0 saturated carbocycles. The monoisotopic (exact) mass is 301 g/mol. The fraction of sp³-hybridized carbons (Fsp3) is 0.667. The van der Waals surface area contributed by atoms with Crippen molar-refractivity contribution in [3.8, 4) is 0 Å². The molecule has 0 saturated heterocycles. The number of carbonyl (C=O) groups is 1. The lowest BCUT2D eigenvalue weighted by Crippen LogP contribution is -2.27. The Morgan fingerprint density at radius 2 is 2.10 bits per heavy atom. The molecule has 1 rings (SSSR count). The van der Waals surface area contributed by atoms with Crippen LogP contribution in [-0.2, 0) is 9.53 Å². The van der Waals surface area contributed by atoms with Gasteiger partial charge in [0.1, 0.15) is 5.25 Å². The molecular weight excluding hydrogens is 282 g/mol. The molecule has 0 bridgehead atoms. The molecule has 0 spiro atoms. The van der Waals surface area contributed by atoms with Gasteiger partial charge in [-0.2, -0.15) is 5.10 Å². The maximum absolute atomic E-state index is 11.9. The molecule has 0 aliphatic rings. The van der Waals surface area contributed by atoms with Crippen molar-refractivity contribution >= 4 is 17.7 Å². The summed E-state index contributed by atoms with van der Waals surface area (Å²) in [4.78, 5) is 36.3. The second-order valence-electron chi connectivity index (χ2n) is 4.20. The van der Waals surface area contributed by atoms with Crippen LogP contribution in [0.15, 0.2) is 14.6 Å². The van der Waals surface area contributed by atoms with E-state index in [9.17, 15) is 14.4 Å². The van der Waals surface area contributed by atoms with Gasteiger partial charge in [-0.05, 0) is 12.8 Å². The molecule has 0 fully saturated rings. The van der Waals surface area contributed by atoms with Gasteiger partial charge >= 0.3 is 11.7 Å². The Morgan fingerprint density at radius 3 is 2.70 bits per heavy atom. The fourth-order valence-corrected chi connectivity index (χ4v) is 2.32. The molecule has 2 N–H and O–H groups in total. The van der Waals surface area contributed by atoms with Crippen molar-refractivity contribution < 1.29 is 9.53 Å². The van der Waals surface area contributed by atoms with Crippen LogP contribution in [0.2, 0.25) is 0 Å². The summed E-state index contributed by atoms with van der Waals surface area (Å²) >= 11 is 0.996. The highest BCUT2D eigenvalue weighted by molar-refractivity contribution is 8.00. The largest absolute Gasteiger partial charge is 0.465 e. The van der Waals surface area contributed by atoms with Crippen molar-refractivity contribution in [1.82, 2.24) is 15.2 Å². The number of hydrogen-bond acceptors (Lipinski definition) is 6. The lowest BCUT2D eigenvalue weighted by molar-refractivity contribution is -0.143. The third kappa shape index (κ3) is 5.20. The average Bonchev–Trinajstić information content (AvgIpc) is 2.42. The Balaban J connectivity index is 2.59. The molecule has 1 aromatic heterocycles. The zero-order valence-corrected chi connectivity index (χ0v) is 12.4. The Bertz CT molecular complexity index is 540. The highest BCUT2D eigenvalue weighted by Gasteiger charge is 2.21. The second-order valence-corrected chi connectivity index (χ2v) is 5.39. The van der Waals surface area contributed by atoms with Gasteiger partial charge in [0, 0.05) is 0 Å². The minimum atomic E-state index is -0.672. The molecule has 0 radical (unpaired) electrons. The van der Waals surface area contributed by atoms with Crippen LogP contribution in [0.5, 0.6) is 0 Å². The number of H-pyrrole nitrogens is 2. The highest BCUT2D eigenvalue weighted by Crippen LogP contribution is 2.21. The molecule has 1 aromatic rings. The highest BCUT2D eigenvalue weighted by atomic mass is 32.2.